The summed E-state index contributed by atoms with van der Waals surface area (Å²) in [5, 5.41) is 11.2. The molecule has 3 aromatic carbocycles. The first-order chi connectivity index (χ1) is 17.5. The molecule has 0 aliphatic rings. The second kappa shape index (κ2) is 11.4. The average Bonchev–Trinajstić information content (AvgIpc) is 3.32. The third-order valence-electron chi connectivity index (χ3n) is 5.95. The van der Waals surface area contributed by atoms with E-state index < -0.39 is 6.04 Å². The van der Waals surface area contributed by atoms with Crippen molar-refractivity contribution in [2.45, 2.75) is 32.5 Å². The van der Waals surface area contributed by atoms with Gasteiger partial charge in [-0.05, 0) is 36.2 Å². The number of nitrogens with one attached hydrogen (secondary N) is 1. The van der Waals surface area contributed by atoms with E-state index in [1.54, 1.807) is 34.9 Å². The standard InChI is InChI=1S/C27H29N5O4/c1-4-23(27(34)28-22-15-14-20(35-2)16-25(22)36-3)31(17-19-10-6-5-7-11-19)26(33)18-32-24-13-9-8-12-21(24)29-30-32/h5-16,23H,4,17-18H2,1-3H3,(H,28,34). The summed E-state index contributed by atoms with van der Waals surface area (Å²) in [6.07, 6.45) is 0.418. The fourth-order valence-corrected chi connectivity index (χ4v) is 4.07. The van der Waals surface area contributed by atoms with Crippen molar-refractivity contribution in [3.8, 4) is 11.5 Å². The van der Waals surface area contributed by atoms with Gasteiger partial charge in [0.2, 0.25) is 11.8 Å². The van der Waals surface area contributed by atoms with Crippen LogP contribution in [0, 0.1) is 0 Å². The molecule has 0 saturated carbocycles. The lowest BCUT2D eigenvalue weighted by Crippen LogP contribution is -2.47. The number of para-hydroxylation sites is 1. The minimum atomic E-state index is -0.723. The largest absolute Gasteiger partial charge is 0.497 e. The molecule has 9 heteroatoms. The summed E-state index contributed by atoms with van der Waals surface area (Å²) in [5.74, 6) is 0.525. The number of amides is 2. The van der Waals surface area contributed by atoms with Crippen LogP contribution in [0.3, 0.4) is 0 Å². The number of fused-ring (bicyclic) bond motifs is 1. The predicted octanol–water partition coefficient (Wildman–Crippen LogP) is 3.89. The third-order valence-corrected chi connectivity index (χ3v) is 5.95. The summed E-state index contributed by atoms with van der Waals surface area (Å²) in [7, 11) is 3.08. The molecular weight excluding hydrogens is 458 g/mol. The van der Waals surface area contributed by atoms with Crippen molar-refractivity contribution in [3.05, 3.63) is 78.4 Å². The average molecular weight is 488 g/mol. The highest BCUT2D eigenvalue weighted by atomic mass is 16.5. The van der Waals surface area contributed by atoms with E-state index in [2.05, 4.69) is 15.6 Å². The van der Waals surface area contributed by atoms with Gasteiger partial charge < -0.3 is 19.7 Å². The van der Waals surface area contributed by atoms with Gasteiger partial charge in [-0.3, -0.25) is 9.59 Å². The molecule has 2 amide bonds. The van der Waals surface area contributed by atoms with Gasteiger partial charge in [0.05, 0.1) is 25.4 Å². The van der Waals surface area contributed by atoms with Gasteiger partial charge in [0, 0.05) is 12.6 Å². The highest BCUT2D eigenvalue weighted by Crippen LogP contribution is 2.29. The summed E-state index contributed by atoms with van der Waals surface area (Å²) in [5.41, 5.74) is 2.88. The van der Waals surface area contributed by atoms with E-state index in [4.69, 9.17) is 9.47 Å². The lowest BCUT2D eigenvalue weighted by atomic mass is 10.1. The topological polar surface area (TPSA) is 98.6 Å². The van der Waals surface area contributed by atoms with Crippen LogP contribution in [0.4, 0.5) is 5.69 Å². The molecule has 4 aromatic rings. The van der Waals surface area contributed by atoms with E-state index in [0.29, 0.717) is 29.1 Å². The number of methoxy groups -OCH3 is 2. The summed E-state index contributed by atoms with van der Waals surface area (Å²) < 4.78 is 12.2. The second-order valence-electron chi connectivity index (χ2n) is 8.22. The maximum atomic E-state index is 13.6. The zero-order valence-electron chi connectivity index (χ0n) is 20.5. The van der Waals surface area contributed by atoms with E-state index >= 15 is 0 Å². The van der Waals surface area contributed by atoms with Crippen molar-refractivity contribution in [1.29, 1.82) is 0 Å². The molecule has 4 rings (SSSR count). The Bertz CT molecular complexity index is 1340. The zero-order valence-corrected chi connectivity index (χ0v) is 20.5. The van der Waals surface area contributed by atoms with E-state index in [-0.39, 0.29) is 24.9 Å². The van der Waals surface area contributed by atoms with Gasteiger partial charge in [-0.25, -0.2) is 4.68 Å². The van der Waals surface area contributed by atoms with Crippen molar-refractivity contribution < 1.29 is 19.1 Å². The number of rotatable bonds is 10. The molecule has 186 valence electrons. The summed E-state index contributed by atoms with van der Waals surface area (Å²) in [4.78, 5) is 28.7. The molecule has 0 saturated heterocycles. The van der Waals surface area contributed by atoms with Crippen LogP contribution >= 0.6 is 0 Å². The molecule has 0 aliphatic heterocycles. The van der Waals surface area contributed by atoms with Gasteiger partial charge in [0.25, 0.3) is 0 Å². The Kier molecular flexibility index (Phi) is 7.79. The minimum absolute atomic E-state index is 0.0387. The number of ether oxygens (including phenoxy) is 2. The van der Waals surface area contributed by atoms with Crippen LogP contribution in [0.15, 0.2) is 72.8 Å². The molecule has 1 aromatic heterocycles. The first-order valence-electron chi connectivity index (χ1n) is 11.7. The zero-order chi connectivity index (χ0) is 25.5. The number of carbonyl (C=O) groups is 2. The molecule has 0 radical (unpaired) electrons. The molecule has 0 fully saturated rings. The number of carbonyl (C=O) groups excluding carboxylic acids is 2. The molecule has 0 bridgehead atoms. The Morgan fingerprint density at radius 1 is 1.00 bits per heavy atom. The fourth-order valence-electron chi connectivity index (χ4n) is 4.07. The molecule has 0 aliphatic carbocycles. The highest BCUT2D eigenvalue weighted by Gasteiger charge is 2.30. The Labute approximate surface area is 209 Å². The van der Waals surface area contributed by atoms with Crippen LogP contribution in [0.1, 0.15) is 18.9 Å². The number of hydrogen-bond acceptors (Lipinski definition) is 6. The quantitative estimate of drug-likeness (QED) is 0.364. The van der Waals surface area contributed by atoms with Gasteiger partial charge in [-0.1, -0.05) is 54.6 Å². The predicted molar refractivity (Wildman–Crippen MR) is 137 cm³/mol. The number of hydrogen-bond donors (Lipinski definition) is 1. The molecular formula is C27H29N5O4. The molecule has 1 unspecified atom stereocenters. The van der Waals surface area contributed by atoms with E-state index in [1.165, 1.54) is 7.11 Å². The Morgan fingerprint density at radius 3 is 2.47 bits per heavy atom. The van der Waals surface area contributed by atoms with Crippen LogP contribution in [-0.4, -0.2) is 52.0 Å². The molecule has 1 atom stereocenters. The molecule has 0 spiro atoms. The first kappa shape index (κ1) is 24.7. The van der Waals surface area contributed by atoms with Crippen molar-refractivity contribution in [1.82, 2.24) is 19.9 Å². The van der Waals surface area contributed by atoms with Gasteiger partial charge in [-0.2, -0.15) is 0 Å². The first-order valence-corrected chi connectivity index (χ1v) is 11.7. The number of anilines is 1. The lowest BCUT2D eigenvalue weighted by Gasteiger charge is -2.30. The number of aromatic nitrogens is 3. The van der Waals surface area contributed by atoms with E-state index in [9.17, 15) is 9.59 Å². The number of benzene rings is 3. The maximum Gasteiger partial charge on any atom is 0.247 e. The van der Waals surface area contributed by atoms with Crippen molar-refractivity contribution in [3.63, 3.8) is 0 Å². The highest BCUT2D eigenvalue weighted by molar-refractivity contribution is 5.98. The van der Waals surface area contributed by atoms with Crippen LogP contribution in [0.5, 0.6) is 11.5 Å². The van der Waals surface area contributed by atoms with Crippen LogP contribution in [0.25, 0.3) is 11.0 Å². The van der Waals surface area contributed by atoms with Crippen LogP contribution in [-0.2, 0) is 22.7 Å². The summed E-state index contributed by atoms with van der Waals surface area (Å²) >= 11 is 0. The van der Waals surface area contributed by atoms with Crippen molar-refractivity contribution in [2.24, 2.45) is 0 Å². The Morgan fingerprint density at radius 2 is 1.75 bits per heavy atom. The molecule has 1 heterocycles. The minimum Gasteiger partial charge on any atom is -0.497 e. The maximum absolute atomic E-state index is 13.6. The van der Waals surface area contributed by atoms with Gasteiger partial charge in [0.1, 0.15) is 29.6 Å². The SMILES string of the molecule is CCC(C(=O)Nc1ccc(OC)cc1OC)N(Cc1ccccc1)C(=O)Cn1nnc2ccccc21. The van der Waals surface area contributed by atoms with Crippen LogP contribution in [0.2, 0.25) is 0 Å². The lowest BCUT2D eigenvalue weighted by molar-refractivity contribution is -0.140. The van der Waals surface area contributed by atoms with Crippen LogP contribution < -0.4 is 14.8 Å². The second-order valence-corrected chi connectivity index (χ2v) is 8.22. The van der Waals surface area contributed by atoms with E-state index in [0.717, 1.165) is 11.1 Å². The molecule has 36 heavy (non-hydrogen) atoms. The Balaban J connectivity index is 1.61. The molecule has 1 N–H and O–H groups in total. The van der Waals surface area contributed by atoms with E-state index in [1.807, 2.05) is 61.5 Å². The molecule has 9 nitrogen and oxygen atoms in total. The van der Waals surface area contributed by atoms with Gasteiger partial charge >= 0.3 is 0 Å². The fraction of sp³-hybridized carbons (Fsp3) is 0.259. The smallest absolute Gasteiger partial charge is 0.247 e. The normalized spacial score (nSPS) is 11.6. The summed E-state index contributed by atoms with van der Waals surface area (Å²) in [6, 6.07) is 21.5. The Hall–Kier alpha value is -4.40. The van der Waals surface area contributed by atoms with Crippen molar-refractivity contribution in [2.75, 3.05) is 19.5 Å². The van der Waals surface area contributed by atoms with Gasteiger partial charge in [-0.15, -0.1) is 5.10 Å². The third kappa shape index (κ3) is 5.46. The van der Waals surface area contributed by atoms with Crippen molar-refractivity contribution >= 4 is 28.5 Å². The van der Waals surface area contributed by atoms with Gasteiger partial charge in [0.15, 0.2) is 0 Å². The number of nitrogens with zero attached hydrogens (tertiary/aromatic N) is 4. The monoisotopic (exact) mass is 487 g/mol. The summed E-state index contributed by atoms with van der Waals surface area (Å²) in [6.45, 7) is 2.12.